The van der Waals surface area contributed by atoms with Gasteiger partial charge in [-0.1, -0.05) is 19.1 Å². The number of likely N-dealkylation sites (tertiary alicyclic amines) is 1. The lowest BCUT2D eigenvalue weighted by molar-refractivity contribution is -0.127. The summed E-state index contributed by atoms with van der Waals surface area (Å²) in [4.78, 5) is 14.4. The Bertz CT molecular complexity index is 452. The van der Waals surface area contributed by atoms with Crippen molar-refractivity contribution in [3.8, 4) is 0 Å². The van der Waals surface area contributed by atoms with Crippen LogP contribution < -0.4 is 5.32 Å². The lowest BCUT2D eigenvalue weighted by atomic mass is 9.95. The molecule has 0 unspecified atom stereocenters. The van der Waals surface area contributed by atoms with E-state index < -0.39 is 0 Å². The normalized spacial score (nSPS) is 18.4. The molecule has 1 amide bonds. The minimum atomic E-state index is -0.195. The first-order valence-electron chi connectivity index (χ1n) is 7.85. The summed E-state index contributed by atoms with van der Waals surface area (Å²) < 4.78 is 12.9. The number of rotatable bonds is 5. The third kappa shape index (κ3) is 4.81. The molecule has 116 valence electrons. The van der Waals surface area contributed by atoms with Crippen molar-refractivity contribution in [3.63, 3.8) is 0 Å². The molecule has 21 heavy (non-hydrogen) atoms. The van der Waals surface area contributed by atoms with Crippen molar-refractivity contribution < 1.29 is 9.18 Å². The average Bonchev–Trinajstić information content (AvgIpc) is 2.50. The largest absolute Gasteiger partial charge is 0.353 e. The second-order valence-electron chi connectivity index (χ2n) is 5.99. The number of carbonyl (C=O) groups excluding carboxylic acids is 1. The molecule has 1 aliphatic heterocycles. The van der Waals surface area contributed by atoms with E-state index in [1.807, 2.05) is 19.1 Å². The van der Waals surface area contributed by atoms with E-state index in [4.69, 9.17) is 0 Å². The van der Waals surface area contributed by atoms with E-state index in [1.165, 1.54) is 12.1 Å². The highest BCUT2D eigenvalue weighted by Crippen LogP contribution is 2.19. The van der Waals surface area contributed by atoms with Gasteiger partial charge in [0.15, 0.2) is 0 Å². The molecule has 0 aliphatic carbocycles. The fourth-order valence-corrected chi connectivity index (χ4v) is 2.66. The lowest BCUT2D eigenvalue weighted by Crippen LogP contribution is -2.42. The Labute approximate surface area is 126 Å². The van der Waals surface area contributed by atoms with Gasteiger partial charge in [-0.05, 0) is 57.0 Å². The summed E-state index contributed by atoms with van der Waals surface area (Å²) in [5.41, 5.74) is 1.12. The first-order chi connectivity index (χ1) is 10.1. The van der Waals surface area contributed by atoms with Crippen molar-refractivity contribution in [3.05, 3.63) is 35.6 Å². The van der Waals surface area contributed by atoms with Crippen LogP contribution in [0.15, 0.2) is 24.3 Å². The molecule has 1 aromatic carbocycles. The summed E-state index contributed by atoms with van der Waals surface area (Å²) >= 11 is 0. The first-order valence-corrected chi connectivity index (χ1v) is 7.85. The van der Waals surface area contributed by atoms with E-state index >= 15 is 0 Å². The third-order valence-corrected chi connectivity index (χ3v) is 4.28. The van der Waals surface area contributed by atoms with Crippen LogP contribution in [-0.4, -0.2) is 29.9 Å². The van der Waals surface area contributed by atoms with Crippen LogP contribution in [0.2, 0.25) is 0 Å². The number of carbonyl (C=O) groups is 1. The summed E-state index contributed by atoms with van der Waals surface area (Å²) in [7, 11) is 0. The van der Waals surface area contributed by atoms with Gasteiger partial charge in [0.25, 0.3) is 0 Å². The highest BCUT2D eigenvalue weighted by molar-refractivity contribution is 5.79. The highest BCUT2D eigenvalue weighted by atomic mass is 19.1. The van der Waals surface area contributed by atoms with Gasteiger partial charge in [-0.15, -0.1) is 0 Å². The number of halogens is 1. The third-order valence-electron chi connectivity index (χ3n) is 4.28. The molecular weight excluding hydrogens is 267 g/mol. The summed E-state index contributed by atoms with van der Waals surface area (Å²) in [6, 6.07) is 6.92. The average molecular weight is 292 g/mol. The zero-order valence-corrected chi connectivity index (χ0v) is 12.9. The number of hydrogen-bond acceptors (Lipinski definition) is 2. The smallest absolute Gasteiger partial charge is 0.223 e. The Morgan fingerprint density at radius 1 is 1.33 bits per heavy atom. The fraction of sp³-hybridized carbons (Fsp3) is 0.588. The maximum atomic E-state index is 12.9. The molecule has 4 heteroatoms. The van der Waals surface area contributed by atoms with E-state index in [-0.39, 0.29) is 23.7 Å². The van der Waals surface area contributed by atoms with Crippen molar-refractivity contribution in [2.24, 2.45) is 5.92 Å². The number of hydrogen-bond donors (Lipinski definition) is 1. The van der Waals surface area contributed by atoms with Gasteiger partial charge < -0.3 is 5.32 Å². The Kier molecular flexibility index (Phi) is 5.74. The van der Waals surface area contributed by atoms with Crippen LogP contribution >= 0.6 is 0 Å². The molecule has 0 saturated carbocycles. The molecule has 1 N–H and O–H groups in total. The molecule has 1 saturated heterocycles. The van der Waals surface area contributed by atoms with Gasteiger partial charge in [-0.2, -0.15) is 0 Å². The minimum absolute atomic E-state index is 0.142. The number of nitrogens with one attached hydrogen (secondary N) is 1. The van der Waals surface area contributed by atoms with Crippen molar-refractivity contribution >= 4 is 5.91 Å². The van der Waals surface area contributed by atoms with E-state index in [9.17, 15) is 9.18 Å². The topological polar surface area (TPSA) is 32.3 Å². The van der Waals surface area contributed by atoms with Gasteiger partial charge in [0.1, 0.15) is 5.82 Å². The molecule has 1 aromatic rings. The molecule has 3 nitrogen and oxygen atoms in total. The van der Waals surface area contributed by atoms with Gasteiger partial charge in [-0.25, -0.2) is 4.39 Å². The molecule has 0 spiro atoms. The summed E-state index contributed by atoms with van der Waals surface area (Å²) in [5.74, 6) is 0.147. The Morgan fingerprint density at radius 3 is 2.52 bits per heavy atom. The zero-order chi connectivity index (χ0) is 15.2. The predicted octanol–water partition coefficient (Wildman–Crippen LogP) is 2.95. The van der Waals surface area contributed by atoms with Crippen molar-refractivity contribution in [1.82, 2.24) is 10.2 Å². The van der Waals surface area contributed by atoms with Crippen molar-refractivity contribution in [2.75, 3.05) is 13.1 Å². The number of piperidine rings is 1. The molecule has 0 aromatic heterocycles. The Morgan fingerprint density at radius 2 is 1.95 bits per heavy atom. The Hall–Kier alpha value is -1.42. The lowest BCUT2D eigenvalue weighted by Gasteiger charge is -2.31. The van der Waals surface area contributed by atoms with Crippen LogP contribution in [0.1, 0.15) is 38.7 Å². The monoisotopic (exact) mass is 292 g/mol. The second-order valence-corrected chi connectivity index (χ2v) is 5.99. The zero-order valence-electron chi connectivity index (χ0n) is 12.9. The SMILES string of the molecule is CC[C@@H](C)NC(=O)C1CCN(Cc2ccc(F)cc2)CC1. The summed E-state index contributed by atoms with van der Waals surface area (Å²) in [5, 5.41) is 3.07. The molecule has 0 radical (unpaired) electrons. The van der Waals surface area contributed by atoms with Gasteiger partial charge in [0.05, 0.1) is 0 Å². The number of amides is 1. The van der Waals surface area contributed by atoms with E-state index in [0.29, 0.717) is 0 Å². The number of nitrogens with zero attached hydrogens (tertiary/aromatic N) is 1. The maximum Gasteiger partial charge on any atom is 0.223 e. The Balaban J connectivity index is 1.77. The molecule has 1 fully saturated rings. The van der Waals surface area contributed by atoms with Gasteiger partial charge >= 0.3 is 0 Å². The molecule has 1 atom stereocenters. The predicted molar refractivity (Wildman–Crippen MR) is 82.3 cm³/mol. The van der Waals surface area contributed by atoms with E-state index in [2.05, 4.69) is 17.1 Å². The fourth-order valence-electron chi connectivity index (χ4n) is 2.66. The number of benzene rings is 1. The molecule has 1 aliphatic rings. The van der Waals surface area contributed by atoms with Gasteiger partial charge in [-0.3, -0.25) is 9.69 Å². The first kappa shape index (κ1) is 16.0. The van der Waals surface area contributed by atoms with Gasteiger partial charge in [0.2, 0.25) is 5.91 Å². The van der Waals surface area contributed by atoms with Crippen LogP contribution in [0, 0.1) is 11.7 Å². The molecule has 0 bridgehead atoms. The van der Waals surface area contributed by atoms with Crippen LogP contribution in [-0.2, 0) is 11.3 Å². The van der Waals surface area contributed by atoms with Gasteiger partial charge in [0, 0.05) is 18.5 Å². The standard InChI is InChI=1S/C17H25FN2O/c1-3-13(2)19-17(21)15-8-10-20(11-9-15)12-14-4-6-16(18)7-5-14/h4-7,13,15H,3,8-12H2,1-2H3,(H,19,21)/t13-/m1/s1. The van der Waals surface area contributed by atoms with Crippen LogP contribution in [0.5, 0.6) is 0 Å². The van der Waals surface area contributed by atoms with E-state index in [0.717, 1.165) is 44.5 Å². The second kappa shape index (κ2) is 7.55. The highest BCUT2D eigenvalue weighted by Gasteiger charge is 2.25. The summed E-state index contributed by atoms with van der Waals surface area (Å²) in [6.07, 6.45) is 2.78. The molecule has 1 heterocycles. The van der Waals surface area contributed by atoms with Crippen molar-refractivity contribution in [2.45, 2.75) is 45.7 Å². The van der Waals surface area contributed by atoms with Crippen LogP contribution in [0.4, 0.5) is 4.39 Å². The minimum Gasteiger partial charge on any atom is -0.353 e. The van der Waals surface area contributed by atoms with E-state index in [1.54, 1.807) is 0 Å². The van der Waals surface area contributed by atoms with Crippen LogP contribution in [0.25, 0.3) is 0 Å². The summed E-state index contributed by atoms with van der Waals surface area (Å²) in [6.45, 7) is 6.81. The molecular formula is C17H25FN2O. The molecule has 2 rings (SSSR count). The maximum absolute atomic E-state index is 12.9. The van der Waals surface area contributed by atoms with Crippen molar-refractivity contribution in [1.29, 1.82) is 0 Å². The quantitative estimate of drug-likeness (QED) is 0.905. The van der Waals surface area contributed by atoms with Crippen LogP contribution in [0.3, 0.4) is 0 Å².